The number of aryl methyl sites for hydroxylation is 1. The zero-order valence-electron chi connectivity index (χ0n) is 15.5. The Hall–Kier alpha value is -1.96. The van der Waals surface area contributed by atoms with Gasteiger partial charge in [-0.1, -0.05) is 24.3 Å². The van der Waals surface area contributed by atoms with Gasteiger partial charge in [-0.2, -0.15) is 4.31 Å². The smallest absolute Gasteiger partial charge is 0.246 e. The number of hydrogen-bond donors (Lipinski definition) is 0. The van der Waals surface area contributed by atoms with Crippen molar-refractivity contribution in [2.75, 3.05) is 39.3 Å². The minimum atomic E-state index is -3.77. The Morgan fingerprint density at radius 2 is 1.78 bits per heavy atom. The van der Waals surface area contributed by atoms with Gasteiger partial charge in [-0.25, -0.2) is 12.8 Å². The van der Waals surface area contributed by atoms with Gasteiger partial charge in [0.05, 0.1) is 6.61 Å². The van der Waals surface area contributed by atoms with Gasteiger partial charge in [-0.15, -0.1) is 0 Å². The van der Waals surface area contributed by atoms with Gasteiger partial charge in [-0.05, 0) is 43.2 Å². The SMILES string of the molecule is Cc1cccc(OCCCN2CCN(S(=O)(=O)c3ccccc3F)CC2)c1. The summed E-state index contributed by atoms with van der Waals surface area (Å²) in [5.41, 5.74) is 1.17. The van der Waals surface area contributed by atoms with E-state index in [4.69, 9.17) is 4.74 Å². The molecule has 2 aromatic carbocycles. The lowest BCUT2D eigenvalue weighted by Gasteiger charge is -2.34. The van der Waals surface area contributed by atoms with E-state index in [-0.39, 0.29) is 4.90 Å². The molecule has 2 aromatic rings. The van der Waals surface area contributed by atoms with E-state index in [1.165, 1.54) is 28.1 Å². The molecule has 0 aliphatic carbocycles. The molecule has 1 aliphatic heterocycles. The second-order valence-corrected chi connectivity index (χ2v) is 8.60. The fourth-order valence-electron chi connectivity index (χ4n) is 3.17. The fourth-order valence-corrected chi connectivity index (χ4v) is 4.66. The number of piperazine rings is 1. The molecular formula is C20H25FN2O3S. The van der Waals surface area contributed by atoms with Crippen LogP contribution in [0.15, 0.2) is 53.4 Å². The number of halogens is 1. The molecule has 0 radical (unpaired) electrons. The molecule has 27 heavy (non-hydrogen) atoms. The lowest BCUT2D eigenvalue weighted by Crippen LogP contribution is -2.49. The third-order valence-electron chi connectivity index (χ3n) is 4.66. The first-order chi connectivity index (χ1) is 13.0. The first-order valence-electron chi connectivity index (χ1n) is 9.13. The van der Waals surface area contributed by atoms with E-state index in [0.717, 1.165) is 18.7 Å². The summed E-state index contributed by atoms with van der Waals surface area (Å²) in [5.74, 6) is 0.170. The lowest BCUT2D eigenvalue weighted by molar-refractivity contribution is 0.174. The molecule has 1 fully saturated rings. The molecule has 3 rings (SSSR count). The highest BCUT2D eigenvalue weighted by molar-refractivity contribution is 7.89. The van der Waals surface area contributed by atoms with Gasteiger partial charge in [0, 0.05) is 32.7 Å². The molecule has 0 unspecified atom stereocenters. The van der Waals surface area contributed by atoms with Gasteiger partial charge < -0.3 is 9.64 Å². The minimum absolute atomic E-state index is 0.245. The highest BCUT2D eigenvalue weighted by Gasteiger charge is 2.30. The van der Waals surface area contributed by atoms with Gasteiger partial charge in [-0.3, -0.25) is 0 Å². The van der Waals surface area contributed by atoms with Crippen LogP contribution >= 0.6 is 0 Å². The maximum Gasteiger partial charge on any atom is 0.246 e. The zero-order valence-corrected chi connectivity index (χ0v) is 16.3. The normalized spacial score (nSPS) is 16.4. The monoisotopic (exact) mass is 392 g/mol. The molecule has 0 N–H and O–H groups in total. The Balaban J connectivity index is 1.44. The summed E-state index contributed by atoms with van der Waals surface area (Å²) in [5, 5.41) is 0. The average molecular weight is 392 g/mol. The molecule has 5 nitrogen and oxygen atoms in total. The van der Waals surface area contributed by atoms with E-state index >= 15 is 0 Å². The molecule has 0 saturated carbocycles. The van der Waals surface area contributed by atoms with E-state index in [9.17, 15) is 12.8 Å². The van der Waals surface area contributed by atoms with Crippen LogP contribution in [0.1, 0.15) is 12.0 Å². The molecular weight excluding hydrogens is 367 g/mol. The van der Waals surface area contributed by atoms with Crippen molar-refractivity contribution in [1.29, 1.82) is 0 Å². The predicted octanol–water partition coefficient (Wildman–Crippen LogP) is 2.91. The molecule has 0 spiro atoms. The number of sulfonamides is 1. The highest BCUT2D eigenvalue weighted by Crippen LogP contribution is 2.20. The second-order valence-electron chi connectivity index (χ2n) is 6.69. The summed E-state index contributed by atoms with van der Waals surface area (Å²) in [7, 11) is -3.77. The summed E-state index contributed by atoms with van der Waals surface area (Å²) in [6, 6.07) is 13.5. The van der Waals surface area contributed by atoms with Crippen LogP contribution in [0.25, 0.3) is 0 Å². The molecule has 0 bridgehead atoms. The van der Waals surface area contributed by atoms with Crippen molar-refractivity contribution < 1.29 is 17.5 Å². The highest BCUT2D eigenvalue weighted by atomic mass is 32.2. The largest absolute Gasteiger partial charge is 0.494 e. The van der Waals surface area contributed by atoms with Crippen molar-refractivity contribution in [3.63, 3.8) is 0 Å². The van der Waals surface area contributed by atoms with Crippen LogP contribution in [0.4, 0.5) is 4.39 Å². The van der Waals surface area contributed by atoms with Crippen molar-refractivity contribution >= 4 is 10.0 Å². The quantitative estimate of drug-likeness (QED) is 0.680. The van der Waals surface area contributed by atoms with Crippen LogP contribution in [0.2, 0.25) is 0 Å². The Labute approximate surface area is 160 Å². The van der Waals surface area contributed by atoms with Gasteiger partial charge in [0.25, 0.3) is 0 Å². The molecule has 0 aromatic heterocycles. The number of benzene rings is 2. The van der Waals surface area contributed by atoms with Crippen LogP contribution in [-0.4, -0.2) is 57.0 Å². The van der Waals surface area contributed by atoms with E-state index < -0.39 is 15.8 Å². The molecule has 0 amide bonds. The van der Waals surface area contributed by atoms with Crippen LogP contribution in [0, 0.1) is 12.7 Å². The molecule has 0 atom stereocenters. The summed E-state index contributed by atoms with van der Waals surface area (Å²) in [6.07, 6.45) is 0.869. The van der Waals surface area contributed by atoms with Gasteiger partial charge in [0.2, 0.25) is 10.0 Å². The first kappa shape index (κ1) is 19.8. The van der Waals surface area contributed by atoms with E-state index in [0.29, 0.717) is 32.8 Å². The van der Waals surface area contributed by atoms with Crippen LogP contribution < -0.4 is 4.74 Å². The Morgan fingerprint density at radius 1 is 1.04 bits per heavy atom. The number of hydrogen-bond acceptors (Lipinski definition) is 4. The zero-order chi connectivity index (χ0) is 19.3. The molecule has 1 saturated heterocycles. The predicted molar refractivity (Wildman–Crippen MR) is 103 cm³/mol. The fraction of sp³-hybridized carbons (Fsp3) is 0.400. The Kier molecular flexibility index (Phi) is 6.46. The first-order valence-corrected chi connectivity index (χ1v) is 10.6. The van der Waals surface area contributed by atoms with Crippen LogP contribution in [0.5, 0.6) is 5.75 Å². The van der Waals surface area contributed by atoms with E-state index in [1.54, 1.807) is 6.07 Å². The maximum atomic E-state index is 13.9. The maximum absolute atomic E-state index is 13.9. The molecule has 1 heterocycles. The van der Waals surface area contributed by atoms with Crippen LogP contribution in [0.3, 0.4) is 0 Å². The molecule has 7 heteroatoms. The number of ether oxygens (including phenoxy) is 1. The second kappa shape index (κ2) is 8.82. The third-order valence-corrected chi connectivity index (χ3v) is 6.59. The topological polar surface area (TPSA) is 49.9 Å². The number of rotatable bonds is 7. The van der Waals surface area contributed by atoms with E-state index in [2.05, 4.69) is 4.90 Å². The van der Waals surface area contributed by atoms with Crippen molar-refractivity contribution in [2.24, 2.45) is 0 Å². The summed E-state index contributed by atoms with van der Waals surface area (Å²) >= 11 is 0. The van der Waals surface area contributed by atoms with Crippen molar-refractivity contribution in [2.45, 2.75) is 18.2 Å². The van der Waals surface area contributed by atoms with Gasteiger partial charge in [0.15, 0.2) is 0 Å². The summed E-state index contributed by atoms with van der Waals surface area (Å²) in [4.78, 5) is 1.97. The summed E-state index contributed by atoms with van der Waals surface area (Å²) in [6.45, 7) is 5.51. The Morgan fingerprint density at radius 3 is 2.48 bits per heavy atom. The van der Waals surface area contributed by atoms with Crippen molar-refractivity contribution in [1.82, 2.24) is 9.21 Å². The van der Waals surface area contributed by atoms with Gasteiger partial charge >= 0.3 is 0 Å². The van der Waals surface area contributed by atoms with Crippen molar-refractivity contribution in [3.05, 3.63) is 59.9 Å². The number of nitrogens with zero attached hydrogens (tertiary/aromatic N) is 2. The summed E-state index contributed by atoms with van der Waals surface area (Å²) < 4.78 is 46.2. The van der Waals surface area contributed by atoms with E-state index in [1.807, 2.05) is 31.2 Å². The molecule has 146 valence electrons. The van der Waals surface area contributed by atoms with Crippen LogP contribution in [-0.2, 0) is 10.0 Å². The standard InChI is InChI=1S/C20H25FN2O3S/c1-17-6-4-7-18(16-17)26-15-5-10-22-11-13-23(14-12-22)27(24,25)20-9-3-2-8-19(20)21/h2-4,6-9,16H,5,10-15H2,1H3. The Bertz CT molecular complexity index is 865. The average Bonchev–Trinajstić information content (AvgIpc) is 2.66. The molecule has 1 aliphatic rings. The minimum Gasteiger partial charge on any atom is -0.494 e. The lowest BCUT2D eigenvalue weighted by atomic mass is 10.2. The van der Waals surface area contributed by atoms with Gasteiger partial charge in [0.1, 0.15) is 16.5 Å². The van der Waals surface area contributed by atoms with Crippen molar-refractivity contribution in [3.8, 4) is 5.75 Å². The third kappa shape index (κ3) is 5.06.